The lowest BCUT2D eigenvalue weighted by atomic mass is 9.98. The molecule has 1 fully saturated rings. The molecular weight excluding hydrogens is 460 g/mol. The predicted molar refractivity (Wildman–Crippen MR) is 127 cm³/mol. The molecule has 9 heteroatoms. The standard InChI is InChI=1S/C25H25ClN2O6/c1-32-20-13-15(3-5-18(20)29)22-21-23(30)17-14-16(26)4-6-19(17)34-24(21)25(31)28(22)8-2-7-27-9-11-33-12-10-27/h3-6,13-14,22,29H,2,7-12H2,1H3/t22-/m1/s1. The second-order valence-corrected chi connectivity index (χ2v) is 8.89. The number of halogens is 1. The molecule has 2 aliphatic rings. The van der Waals surface area contributed by atoms with Gasteiger partial charge in [0.2, 0.25) is 5.76 Å². The van der Waals surface area contributed by atoms with Crippen LogP contribution in [0.1, 0.15) is 34.1 Å². The second kappa shape index (κ2) is 9.29. The summed E-state index contributed by atoms with van der Waals surface area (Å²) in [6, 6.07) is 8.97. The Morgan fingerprint density at radius 2 is 1.91 bits per heavy atom. The van der Waals surface area contributed by atoms with Crippen LogP contribution in [0.25, 0.3) is 11.0 Å². The highest BCUT2D eigenvalue weighted by Crippen LogP contribution is 2.40. The Labute approximate surface area is 201 Å². The van der Waals surface area contributed by atoms with Gasteiger partial charge in [0.05, 0.1) is 37.3 Å². The molecule has 8 nitrogen and oxygen atoms in total. The number of carbonyl (C=O) groups excluding carboxylic acids is 1. The van der Waals surface area contributed by atoms with E-state index in [1.165, 1.54) is 13.2 Å². The summed E-state index contributed by atoms with van der Waals surface area (Å²) in [5.41, 5.74) is 0.958. The van der Waals surface area contributed by atoms with Crippen LogP contribution in [0.4, 0.5) is 0 Å². The van der Waals surface area contributed by atoms with Crippen LogP contribution in [-0.2, 0) is 4.74 Å². The van der Waals surface area contributed by atoms with Crippen molar-refractivity contribution < 1.29 is 23.8 Å². The lowest BCUT2D eigenvalue weighted by molar-refractivity contribution is 0.0353. The van der Waals surface area contributed by atoms with Gasteiger partial charge in [-0.15, -0.1) is 0 Å². The molecule has 34 heavy (non-hydrogen) atoms. The Kier molecular flexibility index (Phi) is 6.20. The van der Waals surface area contributed by atoms with Gasteiger partial charge in [-0.3, -0.25) is 14.5 Å². The molecule has 0 bridgehead atoms. The van der Waals surface area contributed by atoms with Crippen molar-refractivity contribution in [2.45, 2.75) is 12.5 Å². The van der Waals surface area contributed by atoms with Crippen LogP contribution in [0.5, 0.6) is 11.5 Å². The molecular formula is C25H25ClN2O6. The average molecular weight is 485 g/mol. The van der Waals surface area contributed by atoms with Gasteiger partial charge in [0, 0.05) is 31.2 Å². The van der Waals surface area contributed by atoms with Gasteiger partial charge in [0.25, 0.3) is 5.91 Å². The minimum atomic E-state index is -0.665. The second-order valence-electron chi connectivity index (χ2n) is 8.45. The maximum absolute atomic E-state index is 13.6. The Balaban J connectivity index is 1.56. The number of aromatic hydroxyl groups is 1. The predicted octanol–water partition coefficient (Wildman–Crippen LogP) is 3.43. The first kappa shape index (κ1) is 22.7. The zero-order chi connectivity index (χ0) is 23.8. The normalized spacial score (nSPS) is 18.5. The van der Waals surface area contributed by atoms with E-state index >= 15 is 0 Å². The lowest BCUT2D eigenvalue weighted by Crippen LogP contribution is -2.38. The van der Waals surface area contributed by atoms with Crippen molar-refractivity contribution in [2.75, 3.05) is 46.5 Å². The van der Waals surface area contributed by atoms with Crippen LogP contribution in [0.2, 0.25) is 5.02 Å². The molecule has 1 N–H and O–H groups in total. The summed E-state index contributed by atoms with van der Waals surface area (Å²) in [7, 11) is 1.45. The number of phenolic OH excluding ortho intramolecular Hbond substituents is 1. The summed E-state index contributed by atoms with van der Waals surface area (Å²) in [5.74, 6) is -0.0434. The molecule has 3 aromatic rings. The summed E-state index contributed by atoms with van der Waals surface area (Å²) in [6.07, 6.45) is 0.727. The first-order valence-corrected chi connectivity index (χ1v) is 11.6. The topological polar surface area (TPSA) is 92.5 Å². The quantitative estimate of drug-likeness (QED) is 0.573. The highest BCUT2D eigenvalue weighted by Gasteiger charge is 2.42. The minimum absolute atomic E-state index is 0.0213. The van der Waals surface area contributed by atoms with E-state index < -0.39 is 6.04 Å². The maximum atomic E-state index is 13.6. The van der Waals surface area contributed by atoms with Crippen LogP contribution in [-0.4, -0.2) is 67.3 Å². The smallest absolute Gasteiger partial charge is 0.290 e. The molecule has 178 valence electrons. The van der Waals surface area contributed by atoms with Gasteiger partial charge in [0.15, 0.2) is 16.9 Å². The van der Waals surface area contributed by atoms with Crippen molar-refractivity contribution in [3.05, 3.63) is 68.5 Å². The third-order valence-corrected chi connectivity index (χ3v) is 6.66. The lowest BCUT2D eigenvalue weighted by Gasteiger charge is -2.29. The largest absolute Gasteiger partial charge is 0.504 e. The summed E-state index contributed by atoms with van der Waals surface area (Å²) >= 11 is 6.14. The van der Waals surface area contributed by atoms with Crippen molar-refractivity contribution in [3.8, 4) is 11.5 Å². The van der Waals surface area contributed by atoms with Gasteiger partial charge in [-0.1, -0.05) is 17.7 Å². The van der Waals surface area contributed by atoms with Crippen LogP contribution in [0.15, 0.2) is 45.6 Å². The van der Waals surface area contributed by atoms with E-state index in [1.54, 1.807) is 35.2 Å². The van der Waals surface area contributed by atoms with Gasteiger partial charge in [-0.2, -0.15) is 0 Å². The van der Waals surface area contributed by atoms with Crippen LogP contribution in [0.3, 0.4) is 0 Å². The Morgan fingerprint density at radius 1 is 1.12 bits per heavy atom. The van der Waals surface area contributed by atoms with E-state index in [-0.39, 0.29) is 34.2 Å². The number of fused-ring (bicyclic) bond motifs is 2. The first-order valence-electron chi connectivity index (χ1n) is 11.2. The number of carbonyl (C=O) groups is 1. The Morgan fingerprint density at radius 3 is 2.68 bits per heavy atom. The Bertz CT molecular complexity index is 1300. The van der Waals surface area contributed by atoms with E-state index in [0.29, 0.717) is 41.3 Å². The molecule has 0 radical (unpaired) electrons. The van der Waals surface area contributed by atoms with Crippen molar-refractivity contribution in [3.63, 3.8) is 0 Å². The van der Waals surface area contributed by atoms with Crippen molar-refractivity contribution in [1.82, 2.24) is 9.80 Å². The average Bonchev–Trinajstić information content (AvgIpc) is 3.12. The number of morpholine rings is 1. The van der Waals surface area contributed by atoms with Crippen molar-refractivity contribution in [1.29, 1.82) is 0 Å². The van der Waals surface area contributed by atoms with Gasteiger partial charge >= 0.3 is 0 Å². The number of benzene rings is 2. The third-order valence-electron chi connectivity index (χ3n) is 6.42. The summed E-state index contributed by atoms with van der Waals surface area (Å²) in [6.45, 7) is 4.38. The number of ether oxygens (including phenoxy) is 2. The van der Waals surface area contributed by atoms with Gasteiger partial charge in [-0.25, -0.2) is 0 Å². The molecule has 3 heterocycles. The molecule has 2 aliphatic heterocycles. The van der Waals surface area contributed by atoms with Gasteiger partial charge in [-0.05, 0) is 42.3 Å². The maximum Gasteiger partial charge on any atom is 0.290 e. The molecule has 1 amide bonds. The highest BCUT2D eigenvalue weighted by atomic mass is 35.5. The summed E-state index contributed by atoms with van der Waals surface area (Å²) in [5, 5.41) is 10.8. The van der Waals surface area contributed by atoms with E-state index in [2.05, 4.69) is 4.90 Å². The zero-order valence-corrected chi connectivity index (χ0v) is 19.5. The number of amides is 1. The molecule has 5 rings (SSSR count). The molecule has 0 saturated carbocycles. The monoisotopic (exact) mass is 484 g/mol. The van der Waals surface area contributed by atoms with E-state index in [0.717, 1.165) is 26.1 Å². The zero-order valence-electron chi connectivity index (χ0n) is 18.8. The van der Waals surface area contributed by atoms with E-state index in [1.807, 2.05) is 0 Å². The molecule has 0 unspecified atom stereocenters. The van der Waals surface area contributed by atoms with Crippen LogP contribution < -0.4 is 10.2 Å². The summed E-state index contributed by atoms with van der Waals surface area (Å²) < 4.78 is 16.6. The third kappa shape index (κ3) is 4.02. The molecule has 1 saturated heterocycles. The van der Waals surface area contributed by atoms with Gasteiger partial charge in [0.1, 0.15) is 5.58 Å². The number of phenols is 1. The Hall–Kier alpha value is -3.07. The van der Waals surface area contributed by atoms with E-state index in [4.69, 9.17) is 25.5 Å². The number of hydrogen-bond donors (Lipinski definition) is 1. The van der Waals surface area contributed by atoms with Crippen LogP contribution in [0, 0.1) is 0 Å². The molecule has 2 aromatic carbocycles. The molecule has 0 spiro atoms. The minimum Gasteiger partial charge on any atom is -0.504 e. The molecule has 1 aromatic heterocycles. The van der Waals surface area contributed by atoms with Crippen molar-refractivity contribution >= 4 is 28.5 Å². The number of hydrogen-bond acceptors (Lipinski definition) is 7. The molecule has 1 atom stereocenters. The fourth-order valence-electron chi connectivity index (χ4n) is 4.72. The first-order chi connectivity index (χ1) is 16.5. The van der Waals surface area contributed by atoms with Crippen LogP contribution >= 0.6 is 11.6 Å². The molecule has 0 aliphatic carbocycles. The number of rotatable bonds is 6. The highest BCUT2D eigenvalue weighted by molar-refractivity contribution is 6.31. The van der Waals surface area contributed by atoms with Gasteiger partial charge < -0.3 is 23.9 Å². The number of nitrogens with zero attached hydrogens (tertiary/aromatic N) is 2. The van der Waals surface area contributed by atoms with E-state index in [9.17, 15) is 14.7 Å². The fraction of sp³-hybridized carbons (Fsp3) is 0.360. The van der Waals surface area contributed by atoms with Crippen molar-refractivity contribution in [2.24, 2.45) is 0 Å². The number of methoxy groups -OCH3 is 1. The fourth-order valence-corrected chi connectivity index (χ4v) is 4.90. The SMILES string of the molecule is COc1cc([C@@H]2c3c(oc4ccc(Cl)cc4c3=O)C(=O)N2CCCN2CCOCC2)ccc1O. The summed E-state index contributed by atoms with van der Waals surface area (Å²) in [4.78, 5) is 31.1.